The van der Waals surface area contributed by atoms with Gasteiger partial charge in [0.25, 0.3) is 0 Å². The van der Waals surface area contributed by atoms with Crippen LogP contribution in [0, 0.1) is 6.92 Å². The Kier molecular flexibility index (Phi) is 1.81. The molecule has 0 spiro atoms. The maximum Gasteiger partial charge on any atom is 0.195 e. The standard InChI is InChI=1S/C11H11NO2/c1-7-9(6-13)11(14)8-4-2-3-5-10(8)12-7/h2-5,13H,6H2,1H3,(H,12,14)/i6T. The lowest BCUT2D eigenvalue weighted by molar-refractivity contribution is 0.279. The van der Waals surface area contributed by atoms with Gasteiger partial charge < -0.3 is 10.1 Å². The smallest absolute Gasteiger partial charge is 0.195 e. The Balaban J connectivity index is 2.91. The first-order valence-electron chi connectivity index (χ1n) is 4.91. The van der Waals surface area contributed by atoms with E-state index < -0.39 is 6.58 Å². The fourth-order valence-electron chi connectivity index (χ4n) is 1.53. The van der Waals surface area contributed by atoms with Crippen molar-refractivity contribution in [3.8, 4) is 0 Å². The molecule has 2 N–H and O–H groups in total. The summed E-state index contributed by atoms with van der Waals surface area (Å²) in [6.07, 6.45) is 0. The van der Waals surface area contributed by atoms with E-state index in [0.717, 1.165) is 5.52 Å². The van der Waals surface area contributed by atoms with E-state index in [1.807, 2.05) is 6.07 Å². The number of fused-ring (bicyclic) bond motifs is 1. The van der Waals surface area contributed by atoms with E-state index in [0.29, 0.717) is 11.1 Å². The summed E-state index contributed by atoms with van der Waals surface area (Å²) in [6.45, 7) is 0.194. The first-order valence-corrected chi connectivity index (χ1v) is 4.33. The van der Waals surface area contributed by atoms with E-state index in [2.05, 4.69) is 4.98 Å². The van der Waals surface area contributed by atoms with Crippen LogP contribution in [-0.2, 0) is 6.58 Å². The van der Waals surface area contributed by atoms with Gasteiger partial charge in [-0.2, -0.15) is 0 Å². The van der Waals surface area contributed by atoms with Gasteiger partial charge in [-0.1, -0.05) is 12.1 Å². The lowest BCUT2D eigenvalue weighted by atomic mass is 10.1. The lowest BCUT2D eigenvalue weighted by Crippen LogP contribution is -2.12. The van der Waals surface area contributed by atoms with E-state index in [-0.39, 0.29) is 11.0 Å². The van der Waals surface area contributed by atoms with Gasteiger partial charge in [0.1, 0.15) is 0 Å². The highest BCUT2D eigenvalue weighted by molar-refractivity contribution is 5.79. The minimum atomic E-state index is -1.49. The van der Waals surface area contributed by atoms with E-state index in [1.54, 1.807) is 25.1 Å². The van der Waals surface area contributed by atoms with Crippen molar-refractivity contribution in [2.75, 3.05) is 0 Å². The van der Waals surface area contributed by atoms with Crippen molar-refractivity contribution in [2.24, 2.45) is 0 Å². The first-order chi connectivity index (χ1) is 7.11. The normalized spacial score (nSPS) is 14.0. The van der Waals surface area contributed by atoms with Gasteiger partial charge in [-0.15, -0.1) is 0 Å². The molecule has 2 rings (SSSR count). The third-order valence-electron chi connectivity index (χ3n) is 2.27. The van der Waals surface area contributed by atoms with E-state index in [9.17, 15) is 9.90 Å². The van der Waals surface area contributed by atoms with Gasteiger partial charge in [-0.3, -0.25) is 4.79 Å². The highest BCUT2D eigenvalue weighted by Crippen LogP contribution is 2.10. The molecule has 0 fully saturated rings. The van der Waals surface area contributed by atoms with Crippen LogP contribution in [0.4, 0.5) is 0 Å². The molecule has 0 aliphatic heterocycles. The maximum absolute atomic E-state index is 11.9. The Labute approximate surface area is 82.4 Å². The number of pyridine rings is 1. The van der Waals surface area contributed by atoms with E-state index in [1.165, 1.54) is 0 Å². The molecule has 0 bridgehead atoms. The fourth-order valence-corrected chi connectivity index (χ4v) is 1.53. The van der Waals surface area contributed by atoms with Crippen LogP contribution in [0.2, 0.25) is 0 Å². The summed E-state index contributed by atoms with van der Waals surface area (Å²) < 4.78 is 7.21. The number of nitrogens with one attached hydrogen (secondary N) is 1. The number of rotatable bonds is 1. The molecule has 14 heavy (non-hydrogen) atoms. The molecular formula is C11H11NO2. The number of hydrogen-bond acceptors (Lipinski definition) is 2. The summed E-state index contributed by atoms with van der Waals surface area (Å²) in [6, 6.07) is 7.06. The van der Waals surface area contributed by atoms with Crippen LogP contribution < -0.4 is 5.43 Å². The molecule has 0 amide bonds. The second-order valence-electron chi connectivity index (χ2n) is 3.17. The molecular weight excluding hydrogens is 178 g/mol. The molecule has 1 aromatic carbocycles. The molecule has 2 aromatic rings. The van der Waals surface area contributed by atoms with Gasteiger partial charge in [0, 0.05) is 22.2 Å². The number of aliphatic hydroxyl groups excluding tert-OH is 1. The van der Waals surface area contributed by atoms with Gasteiger partial charge in [0.2, 0.25) is 0 Å². The minimum Gasteiger partial charge on any atom is -0.391 e. The molecule has 0 aliphatic carbocycles. The quantitative estimate of drug-likeness (QED) is 0.714. The van der Waals surface area contributed by atoms with Crippen molar-refractivity contribution in [3.05, 3.63) is 45.7 Å². The number of benzene rings is 1. The summed E-state index contributed by atoms with van der Waals surface area (Å²) in [7, 11) is 0. The van der Waals surface area contributed by atoms with Crippen LogP contribution in [0.1, 0.15) is 12.6 Å². The third-order valence-corrected chi connectivity index (χ3v) is 2.27. The van der Waals surface area contributed by atoms with Gasteiger partial charge >= 0.3 is 0 Å². The average molecular weight is 191 g/mol. The molecule has 1 unspecified atom stereocenters. The topological polar surface area (TPSA) is 53.1 Å². The molecule has 1 atom stereocenters. The molecule has 72 valence electrons. The van der Waals surface area contributed by atoms with Gasteiger partial charge in [-0.05, 0) is 19.1 Å². The third kappa shape index (κ3) is 1.22. The highest BCUT2D eigenvalue weighted by atomic mass is 16.3. The second-order valence-corrected chi connectivity index (χ2v) is 3.17. The summed E-state index contributed by atoms with van der Waals surface area (Å²) >= 11 is 0. The Morgan fingerprint density at radius 3 is 2.93 bits per heavy atom. The zero-order valence-corrected chi connectivity index (χ0v) is 7.74. The van der Waals surface area contributed by atoms with E-state index >= 15 is 0 Å². The number of aromatic nitrogens is 1. The number of aryl methyl sites for hydroxylation is 1. The second kappa shape index (κ2) is 3.27. The average Bonchev–Trinajstić information content (AvgIpc) is 2.17. The SMILES string of the molecule is [3H]C(O)c1c(C)[nH]c2ccccc2c1=O. The van der Waals surface area contributed by atoms with Crippen molar-refractivity contribution >= 4 is 10.9 Å². The van der Waals surface area contributed by atoms with Gasteiger partial charge in [0.05, 0.1) is 7.95 Å². The predicted molar refractivity (Wildman–Crippen MR) is 55.2 cm³/mol. The molecule has 0 aliphatic rings. The molecule has 1 heterocycles. The molecule has 3 nitrogen and oxygen atoms in total. The lowest BCUT2D eigenvalue weighted by Gasteiger charge is -2.04. The number of para-hydroxylation sites is 1. The van der Waals surface area contributed by atoms with Crippen molar-refractivity contribution in [1.29, 1.82) is 0 Å². The molecule has 0 saturated carbocycles. The van der Waals surface area contributed by atoms with Crippen LogP contribution in [0.25, 0.3) is 10.9 Å². The fraction of sp³-hybridized carbons (Fsp3) is 0.182. The van der Waals surface area contributed by atoms with Crippen molar-refractivity contribution < 1.29 is 6.48 Å². The van der Waals surface area contributed by atoms with Crippen LogP contribution in [0.5, 0.6) is 0 Å². The summed E-state index contributed by atoms with van der Waals surface area (Å²) in [5.41, 5.74) is 1.11. The van der Waals surface area contributed by atoms with Gasteiger partial charge in [-0.25, -0.2) is 0 Å². The largest absolute Gasteiger partial charge is 0.391 e. The number of aromatic amines is 1. The van der Waals surface area contributed by atoms with Crippen molar-refractivity contribution in [3.63, 3.8) is 0 Å². The summed E-state index contributed by atoms with van der Waals surface area (Å²) in [5, 5.41) is 9.70. The highest BCUT2D eigenvalue weighted by Gasteiger charge is 2.06. The van der Waals surface area contributed by atoms with Crippen LogP contribution in [0.15, 0.2) is 29.1 Å². The Morgan fingerprint density at radius 1 is 1.50 bits per heavy atom. The number of aliphatic hydroxyl groups is 1. The predicted octanol–water partition coefficient (Wildman–Crippen LogP) is 1.33. The molecule has 1 aromatic heterocycles. The Bertz CT molecular complexity index is 560. The first kappa shape index (κ1) is 7.76. The minimum absolute atomic E-state index is 0.119. The van der Waals surface area contributed by atoms with Crippen LogP contribution in [-0.4, -0.2) is 10.1 Å². The van der Waals surface area contributed by atoms with Crippen LogP contribution in [0.3, 0.4) is 0 Å². The Hall–Kier alpha value is -1.61. The number of hydrogen-bond donors (Lipinski definition) is 2. The Morgan fingerprint density at radius 2 is 2.21 bits per heavy atom. The molecule has 0 saturated heterocycles. The van der Waals surface area contributed by atoms with Gasteiger partial charge in [0.15, 0.2) is 5.43 Å². The monoisotopic (exact) mass is 191 g/mol. The van der Waals surface area contributed by atoms with Crippen molar-refractivity contribution in [2.45, 2.75) is 13.5 Å². The summed E-state index contributed by atoms with van der Waals surface area (Å²) in [4.78, 5) is 14.9. The molecule has 3 heteroatoms. The van der Waals surface area contributed by atoms with Crippen molar-refractivity contribution in [1.82, 2.24) is 4.98 Å². The van der Waals surface area contributed by atoms with E-state index in [4.69, 9.17) is 1.37 Å². The summed E-state index contributed by atoms with van der Waals surface area (Å²) in [5.74, 6) is 0. The maximum atomic E-state index is 11.9. The zero-order valence-electron chi connectivity index (χ0n) is 8.74. The van der Waals surface area contributed by atoms with Crippen LogP contribution >= 0.6 is 0 Å². The molecule has 0 radical (unpaired) electrons. The zero-order chi connectivity index (χ0) is 11.0. The number of H-pyrrole nitrogens is 1.